The van der Waals surface area contributed by atoms with Gasteiger partial charge >= 0.3 is 0 Å². The largest absolute Gasteiger partial charge is 0.484 e. The Morgan fingerprint density at radius 2 is 2.04 bits per heavy atom. The molecule has 0 aromatic heterocycles. The highest BCUT2D eigenvalue weighted by Gasteiger charge is 2.24. The van der Waals surface area contributed by atoms with Gasteiger partial charge in [-0.1, -0.05) is 42.1 Å². The molecule has 0 spiro atoms. The monoisotopic (exact) mass is 340 g/mol. The van der Waals surface area contributed by atoms with E-state index in [0.29, 0.717) is 6.54 Å². The third kappa shape index (κ3) is 4.38. The number of aryl methyl sites for hydroxylation is 1. The molecule has 0 aliphatic carbocycles. The van der Waals surface area contributed by atoms with Gasteiger partial charge in [-0.3, -0.25) is 9.69 Å². The second kappa shape index (κ2) is 8.02. The molecule has 124 valence electrons. The molecule has 0 N–H and O–H groups in total. The Labute approximate surface area is 146 Å². The van der Waals surface area contributed by atoms with Crippen molar-refractivity contribution in [1.29, 1.82) is 0 Å². The lowest BCUT2D eigenvalue weighted by Crippen LogP contribution is -2.41. The van der Waals surface area contributed by atoms with E-state index in [1.54, 1.807) is 16.7 Å². The zero-order valence-corrected chi connectivity index (χ0v) is 14.5. The zero-order chi connectivity index (χ0) is 16.8. The summed E-state index contributed by atoms with van der Waals surface area (Å²) in [6.07, 6.45) is 0.967. The summed E-state index contributed by atoms with van der Waals surface area (Å²) >= 11 is 1.62. The predicted molar refractivity (Wildman–Crippen MR) is 99.0 cm³/mol. The molecule has 2 aromatic carbocycles. The van der Waals surface area contributed by atoms with E-state index in [0.717, 1.165) is 34.3 Å². The lowest BCUT2D eigenvalue weighted by molar-refractivity contribution is -0.129. The van der Waals surface area contributed by atoms with Crippen molar-refractivity contribution >= 4 is 28.5 Å². The summed E-state index contributed by atoms with van der Waals surface area (Å²) in [5.41, 5.74) is 1.97. The van der Waals surface area contributed by atoms with Crippen LogP contribution in [-0.2, 0) is 4.79 Å². The fraction of sp³-hybridized carbons (Fsp3) is 0.263. The number of hydrogen-bond acceptors (Lipinski definition) is 4. The molecule has 1 saturated heterocycles. The Balaban J connectivity index is 1.68. The maximum Gasteiger partial charge on any atom is 0.266 e. The predicted octanol–water partition coefficient (Wildman–Crippen LogP) is 4.03. The number of carbonyl (C=O) groups is 1. The maximum absolute atomic E-state index is 12.6. The van der Waals surface area contributed by atoms with Crippen LogP contribution in [0.15, 0.2) is 59.6 Å². The van der Waals surface area contributed by atoms with Crippen molar-refractivity contribution in [3.05, 3.63) is 60.2 Å². The van der Waals surface area contributed by atoms with Gasteiger partial charge in [-0.2, -0.15) is 0 Å². The lowest BCUT2D eigenvalue weighted by Gasteiger charge is -2.27. The van der Waals surface area contributed by atoms with Crippen molar-refractivity contribution in [1.82, 2.24) is 4.90 Å². The van der Waals surface area contributed by atoms with Gasteiger partial charge in [0.05, 0.1) is 5.69 Å². The molecule has 3 rings (SSSR count). The first-order valence-corrected chi connectivity index (χ1v) is 8.97. The van der Waals surface area contributed by atoms with Gasteiger partial charge in [0.15, 0.2) is 11.8 Å². The highest BCUT2D eigenvalue weighted by molar-refractivity contribution is 8.13. The molecule has 1 aliphatic heterocycles. The van der Waals surface area contributed by atoms with Gasteiger partial charge < -0.3 is 4.74 Å². The summed E-state index contributed by atoms with van der Waals surface area (Å²) in [6, 6.07) is 17.4. The van der Waals surface area contributed by atoms with Crippen molar-refractivity contribution in [2.45, 2.75) is 13.3 Å². The van der Waals surface area contributed by atoms with Crippen LogP contribution < -0.4 is 4.74 Å². The smallest absolute Gasteiger partial charge is 0.266 e. The minimum absolute atomic E-state index is 0.0256. The molecular weight excluding hydrogens is 320 g/mol. The van der Waals surface area contributed by atoms with E-state index < -0.39 is 0 Å². The minimum atomic E-state index is -0.0570. The van der Waals surface area contributed by atoms with Gasteiger partial charge in [0.1, 0.15) is 5.75 Å². The molecule has 0 saturated carbocycles. The summed E-state index contributed by atoms with van der Waals surface area (Å²) in [5.74, 6) is 1.64. The number of benzene rings is 2. The molecule has 1 heterocycles. The van der Waals surface area contributed by atoms with Gasteiger partial charge in [0, 0.05) is 12.3 Å². The Hall–Kier alpha value is -2.27. The van der Waals surface area contributed by atoms with Crippen molar-refractivity contribution in [2.75, 3.05) is 18.9 Å². The first-order valence-electron chi connectivity index (χ1n) is 7.99. The average molecular weight is 340 g/mol. The Morgan fingerprint density at radius 1 is 1.21 bits per heavy atom. The number of nitrogens with zero attached hydrogens (tertiary/aromatic N) is 2. The van der Waals surface area contributed by atoms with E-state index in [-0.39, 0.29) is 12.5 Å². The number of thioether (sulfide) groups is 1. The minimum Gasteiger partial charge on any atom is -0.484 e. The summed E-state index contributed by atoms with van der Waals surface area (Å²) in [7, 11) is 0. The highest BCUT2D eigenvalue weighted by Crippen LogP contribution is 2.22. The van der Waals surface area contributed by atoms with Gasteiger partial charge in [0.25, 0.3) is 5.91 Å². The summed E-state index contributed by atoms with van der Waals surface area (Å²) < 4.78 is 5.64. The standard InChI is InChI=1S/C19H20N2O2S/c1-15-7-5-10-17(13-15)23-14-18(22)21-11-6-12-24-19(21)20-16-8-3-2-4-9-16/h2-5,7-10,13H,6,11-12,14H2,1H3. The fourth-order valence-corrected chi connectivity index (χ4v) is 3.40. The molecule has 2 aromatic rings. The van der Waals surface area contributed by atoms with Gasteiger partial charge in [-0.05, 0) is 43.2 Å². The van der Waals surface area contributed by atoms with Gasteiger partial charge in [0.2, 0.25) is 0 Å². The number of amidine groups is 1. The van der Waals surface area contributed by atoms with Crippen LogP contribution in [0.1, 0.15) is 12.0 Å². The Bertz CT molecular complexity index is 731. The van der Waals surface area contributed by atoms with Gasteiger partial charge in [-0.25, -0.2) is 4.99 Å². The molecule has 1 amide bonds. The Kier molecular flexibility index (Phi) is 5.54. The number of aliphatic imine (C=N–C) groups is 1. The zero-order valence-electron chi connectivity index (χ0n) is 13.6. The van der Waals surface area contributed by atoms with Crippen LogP contribution in [0.4, 0.5) is 5.69 Å². The van der Waals surface area contributed by atoms with Crippen LogP contribution in [0.25, 0.3) is 0 Å². The second-order valence-electron chi connectivity index (χ2n) is 5.58. The number of amides is 1. The van der Waals surface area contributed by atoms with E-state index in [4.69, 9.17) is 4.74 Å². The quantitative estimate of drug-likeness (QED) is 0.844. The Morgan fingerprint density at radius 3 is 2.83 bits per heavy atom. The molecule has 0 atom stereocenters. The maximum atomic E-state index is 12.6. The van der Waals surface area contributed by atoms with Crippen molar-refractivity contribution in [3.63, 3.8) is 0 Å². The van der Waals surface area contributed by atoms with E-state index in [1.807, 2.05) is 61.5 Å². The lowest BCUT2D eigenvalue weighted by atomic mass is 10.2. The summed E-state index contributed by atoms with van der Waals surface area (Å²) in [6.45, 7) is 2.72. The fourth-order valence-electron chi connectivity index (χ4n) is 2.42. The van der Waals surface area contributed by atoms with E-state index >= 15 is 0 Å². The molecule has 0 bridgehead atoms. The molecular formula is C19H20N2O2S. The van der Waals surface area contributed by atoms with Crippen molar-refractivity contribution < 1.29 is 9.53 Å². The van der Waals surface area contributed by atoms with Crippen LogP contribution in [0, 0.1) is 6.92 Å². The topological polar surface area (TPSA) is 41.9 Å². The van der Waals surface area contributed by atoms with E-state index in [9.17, 15) is 4.79 Å². The van der Waals surface area contributed by atoms with Crippen LogP contribution >= 0.6 is 11.8 Å². The van der Waals surface area contributed by atoms with Crippen LogP contribution in [0.3, 0.4) is 0 Å². The molecule has 5 heteroatoms. The number of ether oxygens (including phenoxy) is 1. The molecule has 24 heavy (non-hydrogen) atoms. The number of rotatable bonds is 4. The summed E-state index contributed by atoms with van der Waals surface area (Å²) in [5, 5.41) is 0.755. The molecule has 1 fully saturated rings. The molecule has 4 nitrogen and oxygen atoms in total. The first kappa shape index (κ1) is 16.6. The molecule has 0 unspecified atom stereocenters. The van der Waals surface area contributed by atoms with Crippen molar-refractivity contribution in [3.8, 4) is 5.75 Å². The van der Waals surface area contributed by atoms with E-state index in [2.05, 4.69) is 4.99 Å². The third-order valence-corrected chi connectivity index (χ3v) is 4.68. The average Bonchev–Trinajstić information content (AvgIpc) is 2.61. The third-order valence-electron chi connectivity index (χ3n) is 3.62. The first-order chi connectivity index (χ1) is 11.7. The van der Waals surface area contributed by atoms with Crippen molar-refractivity contribution in [2.24, 2.45) is 4.99 Å². The normalized spacial score (nSPS) is 16.2. The number of para-hydroxylation sites is 1. The van der Waals surface area contributed by atoms with Crippen LogP contribution in [-0.4, -0.2) is 34.9 Å². The van der Waals surface area contributed by atoms with E-state index in [1.165, 1.54) is 0 Å². The molecule has 0 radical (unpaired) electrons. The second-order valence-corrected chi connectivity index (χ2v) is 6.64. The number of hydrogen-bond donors (Lipinski definition) is 0. The SMILES string of the molecule is Cc1cccc(OCC(=O)N2CCCSC2=Nc2ccccc2)c1. The van der Waals surface area contributed by atoms with Gasteiger partial charge in [-0.15, -0.1) is 0 Å². The highest BCUT2D eigenvalue weighted by atomic mass is 32.2. The summed E-state index contributed by atoms with van der Waals surface area (Å²) in [4.78, 5) is 18.9. The van der Waals surface area contributed by atoms with Crippen LogP contribution in [0.2, 0.25) is 0 Å². The number of carbonyl (C=O) groups excluding carboxylic acids is 1. The van der Waals surface area contributed by atoms with Crippen LogP contribution in [0.5, 0.6) is 5.75 Å². The molecule has 1 aliphatic rings.